The predicted molar refractivity (Wildman–Crippen MR) is 104 cm³/mol. The molecule has 2 fully saturated rings. The van der Waals surface area contributed by atoms with Crippen LogP contribution in [0.5, 0.6) is 0 Å². The predicted octanol–water partition coefficient (Wildman–Crippen LogP) is -0.527. The van der Waals surface area contributed by atoms with Crippen LogP contribution in [0.3, 0.4) is 0 Å². The Bertz CT molecular complexity index is 878. The van der Waals surface area contributed by atoms with Gasteiger partial charge in [-0.25, -0.2) is 0 Å². The molecule has 0 spiro atoms. The minimum absolute atomic E-state index is 0.147. The first-order valence-electron chi connectivity index (χ1n) is 10.3. The third-order valence-corrected chi connectivity index (χ3v) is 8.43. The van der Waals surface area contributed by atoms with Gasteiger partial charge in [0.25, 0.3) is 0 Å². The molecule has 166 valence electrons. The Morgan fingerprint density at radius 1 is 1.27 bits per heavy atom. The van der Waals surface area contributed by atoms with E-state index < -0.39 is 77.0 Å². The van der Waals surface area contributed by atoms with E-state index in [1.165, 1.54) is 6.92 Å². The average Bonchev–Trinajstić information content (AvgIpc) is 3.17. The highest BCUT2D eigenvalue weighted by Crippen LogP contribution is 2.76. The maximum Gasteiger partial charge on any atom is 0.303 e. The number of rotatable bonds is 3. The molecule has 0 aliphatic heterocycles. The zero-order chi connectivity index (χ0) is 22.4. The number of aliphatic hydroxyl groups excluding tert-OH is 3. The first kappa shape index (κ1) is 21.6. The van der Waals surface area contributed by atoms with Crippen LogP contribution in [0.2, 0.25) is 0 Å². The second-order valence-corrected chi connectivity index (χ2v) is 9.83. The number of carbonyl (C=O) groups is 2. The van der Waals surface area contributed by atoms with Crippen molar-refractivity contribution in [3.8, 4) is 0 Å². The topological polar surface area (TPSA) is 145 Å². The van der Waals surface area contributed by atoms with E-state index in [9.17, 15) is 35.1 Å². The molecule has 9 atom stereocenters. The third kappa shape index (κ3) is 2.18. The van der Waals surface area contributed by atoms with E-state index >= 15 is 0 Å². The van der Waals surface area contributed by atoms with Gasteiger partial charge in [-0.15, -0.1) is 0 Å². The largest absolute Gasteiger partial charge is 0.455 e. The molecule has 0 amide bonds. The van der Waals surface area contributed by atoms with Gasteiger partial charge in [-0.05, 0) is 18.1 Å². The van der Waals surface area contributed by atoms with Gasteiger partial charge in [0.15, 0.2) is 11.4 Å². The molecule has 0 heterocycles. The van der Waals surface area contributed by atoms with Crippen molar-refractivity contribution in [2.75, 3.05) is 13.2 Å². The maximum atomic E-state index is 12.9. The highest BCUT2D eigenvalue weighted by Gasteiger charge is 2.88. The van der Waals surface area contributed by atoms with Gasteiger partial charge in [0, 0.05) is 42.4 Å². The van der Waals surface area contributed by atoms with Crippen LogP contribution in [0.1, 0.15) is 34.1 Å². The summed E-state index contributed by atoms with van der Waals surface area (Å²) in [6.07, 6.45) is 1.71. The van der Waals surface area contributed by atoms with Gasteiger partial charge in [0.05, 0.1) is 18.8 Å². The molecule has 5 N–H and O–H groups in total. The van der Waals surface area contributed by atoms with Crippen molar-refractivity contribution in [1.29, 1.82) is 0 Å². The first-order chi connectivity index (χ1) is 13.9. The fourth-order valence-electron chi connectivity index (χ4n) is 6.93. The van der Waals surface area contributed by atoms with Gasteiger partial charge in [0.1, 0.15) is 11.7 Å². The van der Waals surface area contributed by atoms with Crippen LogP contribution in [0.25, 0.3) is 0 Å². The molecule has 4 aliphatic carbocycles. The Morgan fingerprint density at radius 2 is 1.90 bits per heavy atom. The average molecular weight is 422 g/mol. The van der Waals surface area contributed by atoms with E-state index in [-0.39, 0.29) is 6.42 Å². The highest BCUT2D eigenvalue weighted by molar-refractivity contribution is 6.04. The summed E-state index contributed by atoms with van der Waals surface area (Å²) in [5.74, 6) is -4.50. The van der Waals surface area contributed by atoms with Gasteiger partial charge in [-0.3, -0.25) is 9.59 Å². The lowest BCUT2D eigenvalue weighted by molar-refractivity contribution is -0.219. The van der Waals surface area contributed by atoms with Crippen LogP contribution in [0, 0.1) is 29.1 Å². The lowest BCUT2D eigenvalue weighted by Gasteiger charge is -2.52. The van der Waals surface area contributed by atoms with Crippen molar-refractivity contribution in [3.05, 3.63) is 23.3 Å². The summed E-state index contributed by atoms with van der Waals surface area (Å²) in [6, 6.07) is 0. The second kappa shape index (κ2) is 6.23. The van der Waals surface area contributed by atoms with E-state index in [0.717, 1.165) is 0 Å². The molecule has 30 heavy (non-hydrogen) atoms. The molecular formula is C22H30O8. The van der Waals surface area contributed by atoms with Crippen LogP contribution in [0.15, 0.2) is 23.3 Å². The van der Waals surface area contributed by atoms with Crippen LogP contribution >= 0.6 is 0 Å². The second-order valence-electron chi connectivity index (χ2n) is 9.83. The van der Waals surface area contributed by atoms with Crippen molar-refractivity contribution in [2.45, 2.75) is 57.0 Å². The molecule has 8 nitrogen and oxygen atoms in total. The number of ketones is 1. The van der Waals surface area contributed by atoms with Crippen LogP contribution in [0.4, 0.5) is 0 Å². The number of hydrogen-bond donors (Lipinski definition) is 5. The molecule has 0 radical (unpaired) electrons. The Balaban J connectivity index is 1.96. The van der Waals surface area contributed by atoms with E-state index in [4.69, 9.17) is 4.74 Å². The van der Waals surface area contributed by atoms with Crippen LogP contribution in [-0.4, -0.2) is 73.4 Å². The molecule has 9 unspecified atom stereocenters. The van der Waals surface area contributed by atoms with Gasteiger partial charge < -0.3 is 30.3 Å². The number of fused-ring (bicyclic) bond motifs is 5. The monoisotopic (exact) mass is 422 g/mol. The molecule has 0 saturated heterocycles. The maximum absolute atomic E-state index is 12.9. The molecule has 4 rings (SSSR count). The normalized spacial score (nSPS) is 51.8. The van der Waals surface area contributed by atoms with Crippen molar-refractivity contribution >= 4 is 11.8 Å². The number of ether oxygens (including phenoxy) is 1. The molecule has 0 aromatic heterocycles. The van der Waals surface area contributed by atoms with E-state index in [0.29, 0.717) is 11.1 Å². The zero-order valence-corrected chi connectivity index (χ0v) is 17.6. The molecule has 0 bridgehead atoms. The Labute approximate surface area is 174 Å². The molecule has 0 aromatic carbocycles. The third-order valence-electron chi connectivity index (χ3n) is 8.43. The number of esters is 1. The zero-order valence-electron chi connectivity index (χ0n) is 17.6. The molecule has 4 aliphatic rings. The fraction of sp³-hybridized carbons (Fsp3) is 0.727. The van der Waals surface area contributed by atoms with Gasteiger partial charge in [0.2, 0.25) is 0 Å². The number of hydrogen-bond acceptors (Lipinski definition) is 8. The number of aliphatic hydroxyl groups is 5. The van der Waals surface area contributed by atoms with Crippen molar-refractivity contribution in [3.63, 3.8) is 0 Å². The van der Waals surface area contributed by atoms with Crippen LogP contribution < -0.4 is 0 Å². The van der Waals surface area contributed by atoms with Crippen LogP contribution in [-0.2, 0) is 14.3 Å². The van der Waals surface area contributed by atoms with Crippen molar-refractivity contribution < 1.29 is 39.9 Å². The summed E-state index contributed by atoms with van der Waals surface area (Å²) in [4.78, 5) is 24.8. The molecular weight excluding hydrogens is 392 g/mol. The van der Waals surface area contributed by atoms with Gasteiger partial charge >= 0.3 is 5.97 Å². The van der Waals surface area contributed by atoms with Gasteiger partial charge in [-0.2, -0.15) is 0 Å². The number of Topliss-reactive ketones (excluding diaryl/α,β-unsaturated/α-hetero) is 1. The van der Waals surface area contributed by atoms with E-state index in [1.807, 2.05) is 0 Å². The van der Waals surface area contributed by atoms with E-state index in [2.05, 4.69) is 0 Å². The molecule has 0 aromatic rings. The summed E-state index contributed by atoms with van der Waals surface area (Å²) >= 11 is 0. The SMILES string of the molecule is CC(=O)OC12C(O)C(C)C3(O)C(C=C(CO)CC4(O)C(=O)C(C)=CC43)C1C2(C)CO. The summed E-state index contributed by atoms with van der Waals surface area (Å²) in [5, 5.41) is 54.9. The van der Waals surface area contributed by atoms with Gasteiger partial charge in [-0.1, -0.05) is 26.0 Å². The Kier molecular flexibility index (Phi) is 4.50. The summed E-state index contributed by atoms with van der Waals surface area (Å²) in [7, 11) is 0. The lowest BCUT2D eigenvalue weighted by Crippen LogP contribution is -2.65. The lowest BCUT2D eigenvalue weighted by atomic mass is 9.59. The summed E-state index contributed by atoms with van der Waals surface area (Å²) in [6.45, 7) is 5.26. The minimum atomic E-state index is -1.94. The summed E-state index contributed by atoms with van der Waals surface area (Å²) < 4.78 is 5.63. The smallest absolute Gasteiger partial charge is 0.303 e. The Morgan fingerprint density at radius 3 is 2.43 bits per heavy atom. The van der Waals surface area contributed by atoms with Crippen molar-refractivity contribution in [2.24, 2.45) is 29.1 Å². The summed E-state index contributed by atoms with van der Waals surface area (Å²) in [5.41, 5.74) is -5.46. The standard InChI is InChI=1S/C22H30O8/c1-10-5-15-20(28,17(10)26)7-13(8-23)6-14-16-19(4,9-24)22(16,30-12(3)25)18(27)11(2)21(14,15)29/h5-6,11,14-16,18,23-24,27-29H,7-9H2,1-4H3. The fourth-order valence-corrected chi connectivity index (χ4v) is 6.93. The number of carbonyl (C=O) groups excluding carboxylic acids is 2. The highest BCUT2D eigenvalue weighted by atomic mass is 16.6. The Hall–Kier alpha value is -1.58. The quantitative estimate of drug-likeness (QED) is 0.302. The first-order valence-corrected chi connectivity index (χ1v) is 10.3. The van der Waals surface area contributed by atoms with Crippen molar-refractivity contribution in [1.82, 2.24) is 0 Å². The van der Waals surface area contributed by atoms with E-state index in [1.54, 1.807) is 32.9 Å². The molecule has 8 heteroatoms. The minimum Gasteiger partial charge on any atom is -0.455 e. The molecule has 2 saturated carbocycles.